The van der Waals surface area contributed by atoms with Crippen LogP contribution in [0.2, 0.25) is 0 Å². The first-order valence-corrected chi connectivity index (χ1v) is 8.59. The van der Waals surface area contributed by atoms with E-state index < -0.39 is 0 Å². The molecule has 0 spiro atoms. The lowest BCUT2D eigenvalue weighted by atomic mass is 10.2. The number of hydrogen-bond donors (Lipinski definition) is 1. The Morgan fingerprint density at radius 3 is 2.75 bits per heavy atom. The van der Waals surface area contributed by atoms with Crippen molar-refractivity contribution in [2.24, 2.45) is 5.92 Å². The number of nitrogens with one attached hydrogen (secondary N) is 1. The van der Waals surface area contributed by atoms with E-state index in [4.69, 9.17) is 4.74 Å². The van der Waals surface area contributed by atoms with Gasteiger partial charge in [-0.1, -0.05) is 55.5 Å². The number of aromatic nitrogens is 4. The lowest BCUT2D eigenvalue weighted by Gasteiger charge is -2.08. The van der Waals surface area contributed by atoms with E-state index in [1.165, 1.54) is 0 Å². The highest BCUT2D eigenvalue weighted by atomic mass is 32.1. The van der Waals surface area contributed by atoms with Crippen LogP contribution < -0.4 is 10.1 Å². The van der Waals surface area contributed by atoms with Crippen molar-refractivity contribution in [1.82, 2.24) is 20.2 Å². The number of benzene rings is 1. The molecule has 0 atom stereocenters. The SMILES string of the molecule is CC(C)COc1cncc(NCc2nnc(-c3ccccc3)s2)n1. The molecule has 3 rings (SSSR count). The van der Waals surface area contributed by atoms with E-state index in [9.17, 15) is 0 Å². The van der Waals surface area contributed by atoms with Crippen molar-refractivity contribution in [1.29, 1.82) is 0 Å². The van der Waals surface area contributed by atoms with Gasteiger partial charge in [0.05, 0.1) is 25.5 Å². The second kappa shape index (κ2) is 7.83. The molecule has 3 aromatic rings. The topological polar surface area (TPSA) is 72.8 Å². The van der Waals surface area contributed by atoms with Crippen LogP contribution in [0.5, 0.6) is 5.88 Å². The largest absolute Gasteiger partial charge is 0.476 e. The van der Waals surface area contributed by atoms with Crippen molar-refractivity contribution in [3.8, 4) is 16.5 Å². The van der Waals surface area contributed by atoms with Gasteiger partial charge in [-0.15, -0.1) is 10.2 Å². The van der Waals surface area contributed by atoms with E-state index in [0.717, 1.165) is 15.6 Å². The van der Waals surface area contributed by atoms with Gasteiger partial charge in [0, 0.05) is 5.56 Å². The molecule has 0 saturated carbocycles. The van der Waals surface area contributed by atoms with Crippen molar-refractivity contribution in [2.45, 2.75) is 20.4 Å². The van der Waals surface area contributed by atoms with Gasteiger partial charge in [0.1, 0.15) is 15.8 Å². The number of nitrogens with zero attached hydrogens (tertiary/aromatic N) is 4. The summed E-state index contributed by atoms with van der Waals surface area (Å²) in [6.45, 7) is 5.35. The van der Waals surface area contributed by atoms with Gasteiger partial charge in [-0.2, -0.15) is 4.98 Å². The first kappa shape index (κ1) is 16.3. The number of ether oxygens (including phenoxy) is 1. The molecule has 2 heterocycles. The first-order valence-electron chi connectivity index (χ1n) is 7.77. The van der Waals surface area contributed by atoms with E-state index in [1.54, 1.807) is 23.7 Å². The van der Waals surface area contributed by atoms with E-state index >= 15 is 0 Å². The average Bonchev–Trinajstić information content (AvgIpc) is 3.08. The molecule has 0 fully saturated rings. The molecule has 2 aromatic heterocycles. The third kappa shape index (κ3) is 4.48. The van der Waals surface area contributed by atoms with Crippen LogP contribution in [-0.2, 0) is 6.54 Å². The predicted molar refractivity (Wildman–Crippen MR) is 95.0 cm³/mol. The molecule has 0 aliphatic rings. The third-order valence-corrected chi connectivity index (χ3v) is 4.06. The van der Waals surface area contributed by atoms with Crippen LogP contribution in [0, 0.1) is 5.92 Å². The van der Waals surface area contributed by atoms with Crippen LogP contribution in [0.3, 0.4) is 0 Å². The van der Waals surface area contributed by atoms with Crippen LogP contribution in [0.1, 0.15) is 18.9 Å². The van der Waals surface area contributed by atoms with Crippen molar-refractivity contribution < 1.29 is 4.74 Å². The molecule has 24 heavy (non-hydrogen) atoms. The summed E-state index contributed by atoms with van der Waals surface area (Å²) < 4.78 is 5.58. The molecule has 0 aliphatic heterocycles. The zero-order valence-corrected chi connectivity index (χ0v) is 14.5. The maximum atomic E-state index is 5.58. The number of hydrogen-bond acceptors (Lipinski definition) is 7. The van der Waals surface area contributed by atoms with Crippen LogP contribution >= 0.6 is 11.3 Å². The van der Waals surface area contributed by atoms with Gasteiger partial charge in [0.25, 0.3) is 0 Å². The van der Waals surface area contributed by atoms with E-state index in [0.29, 0.717) is 30.8 Å². The fraction of sp³-hybridized carbons (Fsp3) is 0.294. The molecule has 0 saturated heterocycles. The van der Waals surface area contributed by atoms with Crippen molar-refractivity contribution >= 4 is 17.2 Å². The highest BCUT2D eigenvalue weighted by molar-refractivity contribution is 7.14. The van der Waals surface area contributed by atoms with Crippen LogP contribution in [0.15, 0.2) is 42.7 Å². The van der Waals surface area contributed by atoms with Crippen molar-refractivity contribution in [3.63, 3.8) is 0 Å². The first-order chi connectivity index (χ1) is 11.7. The average molecular weight is 341 g/mol. The Bertz CT molecular complexity index is 775. The lowest BCUT2D eigenvalue weighted by Crippen LogP contribution is -2.07. The molecule has 0 bridgehead atoms. The fourth-order valence-corrected chi connectivity index (χ4v) is 2.73. The third-order valence-electron chi connectivity index (χ3n) is 3.09. The fourth-order valence-electron chi connectivity index (χ4n) is 1.94. The molecular weight excluding hydrogens is 322 g/mol. The Morgan fingerprint density at radius 1 is 1.12 bits per heavy atom. The van der Waals surface area contributed by atoms with Gasteiger partial charge in [-0.3, -0.25) is 4.98 Å². The van der Waals surface area contributed by atoms with Crippen LogP contribution in [-0.4, -0.2) is 26.8 Å². The summed E-state index contributed by atoms with van der Waals surface area (Å²) in [7, 11) is 0. The maximum absolute atomic E-state index is 5.58. The minimum Gasteiger partial charge on any atom is -0.476 e. The molecule has 7 heteroatoms. The van der Waals surface area contributed by atoms with E-state index in [2.05, 4.69) is 39.3 Å². The van der Waals surface area contributed by atoms with Gasteiger partial charge in [-0.25, -0.2) is 0 Å². The zero-order valence-electron chi connectivity index (χ0n) is 13.6. The summed E-state index contributed by atoms with van der Waals surface area (Å²) in [6, 6.07) is 10.0. The molecule has 1 N–H and O–H groups in total. The molecule has 6 nitrogen and oxygen atoms in total. The molecule has 124 valence electrons. The summed E-state index contributed by atoms with van der Waals surface area (Å²) in [5.41, 5.74) is 1.07. The van der Waals surface area contributed by atoms with Gasteiger partial charge < -0.3 is 10.1 Å². The monoisotopic (exact) mass is 341 g/mol. The summed E-state index contributed by atoms with van der Waals surface area (Å²) in [5, 5.41) is 13.5. The molecule has 0 radical (unpaired) electrons. The Morgan fingerprint density at radius 2 is 1.96 bits per heavy atom. The Labute approximate surface area is 145 Å². The quantitative estimate of drug-likeness (QED) is 0.707. The van der Waals surface area contributed by atoms with Crippen molar-refractivity contribution in [2.75, 3.05) is 11.9 Å². The molecule has 0 unspecified atom stereocenters. The Balaban J connectivity index is 1.60. The van der Waals surface area contributed by atoms with Gasteiger partial charge >= 0.3 is 0 Å². The molecular formula is C17H19N5OS. The zero-order chi connectivity index (χ0) is 16.8. The Hall–Kier alpha value is -2.54. The van der Waals surface area contributed by atoms with Gasteiger partial charge in [0.15, 0.2) is 0 Å². The van der Waals surface area contributed by atoms with Crippen LogP contribution in [0.4, 0.5) is 5.82 Å². The van der Waals surface area contributed by atoms with E-state index in [-0.39, 0.29) is 0 Å². The Kier molecular flexibility index (Phi) is 5.32. The van der Waals surface area contributed by atoms with Gasteiger partial charge in [0.2, 0.25) is 5.88 Å². The van der Waals surface area contributed by atoms with Crippen LogP contribution in [0.25, 0.3) is 10.6 Å². The number of anilines is 1. The summed E-state index contributed by atoms with van der Waals surface area (Å²) in [6.07, 6.45) is 3.29. The predicted octanol–water partition coefficient (Wildman–Crippen LogP) is 3.64. The summed E-state index contributed by atoms with van der Waals surface area (Å²) in [4.78, 5) is 8.53. The minimum atomic E-state index is 0.446. The smallest absolute Gasteiger partial charge is 0.234 e. The highest BCUT2D eigenvalue weighted by Crippen LogP contribution is 2.23. The van der Waals surface area contributed by atoms with E-state index in [1.807, 2.05) is 30.3 Å². The summed E-state index contributed by atoms with van der Waals surface area (Å²) >= 11 is 1.56. The van der Waals surface area contributed by atoms with Crippen molar-refractivity contribution in [3.05, 3.63) is 47.7 Å². The molecule has 0 amide bonds. The second-order valence-electron chi connectivity index (χ2n) is 5.67. The molecule has 1 aromatic carbocycles. The normalized spacial score (nSPS) is 10.8. The minimum absolute atomic E-state index is 0.446. The number of rotatable bonds is 7. The summed E-state index contributed by atoms with van der Waals surface area (Å²) in [5.74, 6) is 1.63. The lowest BCUT2D eigenvalue weighted by molar-refractivity contribution is 0.260. The maximum Gasteiger partial charge on any atom is 0.234 e. The van der Waals surface area contributed by atoms with Gasteiger partial charge in [-0.05, 0) is 5.92 Å². The highest BCUT2D eigenvalue weighted by Gasteiger charge is 2.07. The molecule has 0 aliphatic carbocycles. The second-order valence-corrected chi connectivity index (χ2v) is 6.73. The standard InChI is InChI=1S/C17H19N5OS/c1-12(2)11-23-15-9-18-8-14(20-15)19-10-16-21-22-17(24-16)13-6-4-3-5-7-13/h3-9,12H,10-11H2,1-2H3,(H,19,20).